The van der Waals surface area contributed by atoms with Crippen LogP contribution in [-0.2, 0) is 21.0 Å². The average Bonchev–Trinajstić information content (AvgIpc) is 2.59. The summed E-state index contributed by atoms with van der Waals surface area (Å²) in [6.07, 6.45) is -2.70. The van der Waals surface area contributed by atoms with Gasteiger partial charge in [-0.2, -0.15) is 18.4 Å². The highest BCUT2D eigenvalue weighted by atomic mass is 35.5. The van der Waals surface area contributed by atoms with E-state index in [9.17, 15) is 26.4 Å². The zero-order valence-corrected chi connectivity index (χ0v) is 14.9. The molecule has 0 radical (unpaired) electrons. The van der Waals surface area contributed by atoms with Gasteiger partial charge in [-0.05, 0) is 42.0 Å². The lowest BCUT2D eigenvalue weighted by Crippen LogP contribution is -2.29. The van der Waals surface area contributed by atoms with Crippen molar-refractivity contribution in [1.82, 2.24) is 4.72 Å². The van der Waals surface area contributed by atoms with Crippen LogP contribution >= 0.6 is 11.6 Å². The smallest absolute Gasteiger partial charge is 0.269 e. The Kier molecular flexibility index (Phi) is 5.93. The summed E-state index contributed by atoms with van der Waals surface area (Å²) in [5.41, 5.74) is -1.57. The lowest BCUT2D eigenvalue weighted by atomic mass is 10.1. The van der Waals surface area contributed by atoms with E-state index in [1.54, 1.807) is 29.0 Å². The topological polar surface area (TPSA) is 87.0 Å². The quantitative estimate of drug-likeness (QED) is 0.772. The minimum absolute atomic E-state index is 0.303. The fourth-order valence-electron chi connectivity index (χ4n) is 1.99. The molecule has 0 saturated carbocycles. The molecular weight excluding hydrogens is 405 g/mol. The molecule has 0 saturated heterocycles. The van der Waals surface area contributed by atoms with Crippen molar-refractivity contribution in [3.63, 3.8) is 0 Å². The Balaban J connectivity index is 2.24. The number of benzene rings is 2. The molecule has 1 N–H and O–H groups in total. The Morgan fingerprint density at radius 1 is 1.15 bits per heavy atom. The largest absolute Gasteiger partial charge is 0.417 e. The van der Waals surface area contributed by atoms with Crippen molar-refractivity contribution in [3.05, 3.63) is 70.3 Å². The van der Waals surface area contributed by atoms with Gasteiger partial charge in [0.1, 0.15) is 0 Å². The molecule has 10 heteroatoms. The molecule has 0 bridgehead atoms. The standard InChI is InChI=1S/C17H10ClF3N2O3S/c18-13-5-1-11(2-6-13)3-8-16(24)23-27(25,26)14-7-4-12(10-22)15(9-14)17(19,20)21/h1-9H,(H,23,24). The molecule has 0 aliphatic carbocycles. The summed E-state index contributed by atoms with van der Waals surface area (Å²) < 4.78 is 64.8. The molecule has 0 aromatic heterocycles. The van der Waals surface area contributed by atoms with Gasteiger partial charge in [0.2, 0.25) is 0 Å². The van der Waals surface area contributed by atoms with Crippen LogP contribution in [0.15, 0.2) is 53.4 Å². The zero-order valence-electron chi connectivity index (χ0n) is 13.3. The number of nitrogens with one attached hydrogen (secondary N) is 1. The number of rotatable bonds is 4. The summed E-state index contributed by atoms with van der Waals surface area (Å²) in [6, 6.07) is 9.47. The van der Waals surface area contributed by atoms with Gasteiger partial charge in [0.15, 0.2) is 0 Å². The molecule has 140 valence electrons. The predicted molar refractivity (Wildman–Crippen MR) is 92.0 cm³/mol. The first kappa shape index (κ1) is 20.5. The van der Waals surface area contributed by atoms with E-state index in [1.807, 2.05) is 0 Å². The minimum atomic E-state index is -4.92. The second-order valence-electron chi connectivity index (χ2n) is 5.17. The average molecular weight is 415 g/mol. The van der Waals surface area contributed by atoms with Gasteiger partial charge < -0.3 is 0 Å². The number of sulfonamides is 1. The number of nitriles is 1. The highest BCUT2D eigenvalue weighted by Gasteiger charge is 2.35. The van der Waals surface area contributed by atoms with E-state index in [4.69, 9.17) is 16.9 Å². The van der Waals surface area contributed by atoms with E-state index in [0.717, 1.165) is 18.2 Å². The van der Waals surface area contributed by atoms with Crippen LogP contribution in [0.25, 0.3) is 6.08 Å². The van der Waals surface area contributed by atoms with Crippen LogP contribution in [0.1, 0.15) is 16.7 Å². The van der Waals surface area contributed by atoms with Crippen LogP contribution in [0.5, 0.6) is 0 Å². The first-order chi connectivity index (χ1) is 12.5. The van der Waals surface area contributed by atoms with Crippen molar-refractivity contribution in [1.29, 1.82) is 5.26 Å². The minimum Gasteiger partial charge on any atom is -0.269 e. The summed E-state index contributed by atoms with van der Waals surface area (Å²) in [5, 5.41) is 9.20. The second-order valence-corrected chi connectivity index (χ2v) is 7.29. The molecule has 0 fully saturated rings. The lowest BCUT2D eigenvalue weighted by molar-refractivity contribution is -0.137. The third-order valence-corrected chi connectivity index (χ3v) is 4.86. The van der Waals surface area contributed by atoms with Crippen LogP contribution in [-0.4, -0.2) is 14.3 Å². The molecule has 0 spiro atoms. The number of nitrogens with zero attached hydrogens (tertiary/aromatic N) is 1. The Morgan fingerprint density at radius 3 is 2.33 bits per heavy atom. The predicted octanol–water partition coefficient (Wildman–Crippen LogP) is 3.75. The molecule has 0 aliphatic rings. The van der Waals surface area contributed by atoms with Crippen LogP contribution in [0, 0.1) is 11.3 Å². The van der Waals surface area contributed by atoms with Crippen LogP contribution in [0.3, 0.4) is 0 Å². The first-order valence-electron chi connectivity index (χ1n) is 7.15. The molecule has 5 nitrogen and oxygen atoms in total. The highest BCUT2D eigenvalue weighted by Crippen LogP contribution is 2.33. The number of amides is 1. The van der Waals surface area contributed by atoms with E-state index in [1.165, 1.54) is 12.1 Å². The Bertz CT molecular complexity index is 1040. The maximum Gasteiger partial charge on any atom is 0.417 e. The van der Waals surface area contributed by atoms with Crippen molar-refractivity contribution in [2.24, 2.45) is 0 Å². The molecule has 2 aromatic rings. The van der Waals surface area contributed by atoms with Crippen molar-refractivity contribution in [2.75, 3.05) is 0 Å². The van der Waals surface area contributed by atoms with Crippen molar-refractivity contribution >= 4 is 33.6 Å². The lowest BCUT2D eigenvalue weighted by Gasteiger charge is -2.11. The Labute approximate surface area is 157 Å². The van der Waals surface area contributed by atoms with Gasteiger partial charge in [0.25, 0.3) is 15.9 Å². The normalized spacial score (nSPS) is 12.0. The molecule has 2 aromatic carbocycles. The summed E-state index contributed by atoms with van der Waals surface area (Å²) in [5.74, 6) is -1.05. The van der Waals surface area contributed by atoms with Gasteiger partial charge in [0, 0.05) is 11.1 Å². The molecule has 2 rings (SSSR count). The SMILES string of the molecule is N#Cc1ccc(S(=O)(=O)NC(=O)C=Cc2ccc(Cl)cc2)cc1C(F)(F)F. The Hall–Kier alpha value is -2.83. The Morgan fingerprint density at radius 2 is 1.78 bits per heavy atom. The summed E-state index contributed by atoms with van der Waals surface area (Å²) in [6.45, 7) is 0. The van der Waals surface area contributed by atoms with Gasteiger partial charge in [-0.3, -0.25) is 4.79 Å². The fraction of sp³-hybridized carbons (Fsp3) is 0.0588. The van der Waals surface area contributed by atoms with Crippen LogP contribution in [0.2, 0.25) is 5.02 Å². The molecule has 0 aliphatic heterocycles. The number of alkyl halides is 3. The van der Waals surface area contributed by atoms with Gasteiger partial charge in [0.05, 0.1) is 22.1 Å². The van der Waals surface area contributed by atoms with E-state index >= 15 is 0 Å². The number of hydrogen-bond acceptors (Lipinski definition) is 4. The van der Waals surface area contributed by atoms with Crippen molar-refractivity contribution in [3.8, 4) is 6.07 Å². The number of hydrogen-bond donors (Lipinski definition) is 1. The third kappa shape index (κ3) is 5.32. The monoisotopic (exact) mass is 414 g/mol. The van der Waals surface area contributed by atoms with E-state index in [0.29, 0.717) is 16.7 Å². The number of carbonyl (C=O) groups is 1. The van der Waals surface area contributed by atoms with Crippen molar-refractivity contribution in [2.45, 2.75) is 11.1 Å². The van der Waals surface area contributed by atoms with E-state index < -0.39 is 38.1 Å². The number of halogens is 4. The summed E-state index contributed by atoms with van der Waals surface area (Å²) in [7, 11) is -4.56. The van der Waals surface area contributed by atoms with Crippen LogP contribution < -0.4 is 4.72 Å². The number of carbonyl (C=O) groups excluding carboxylic acids is 1. The summed E-state index contributed by atoms with van der Waals surface area (Å²) >= 11 is 5.71. The van der Waals surface area contributed by atoms with Gasteiger partial charge in [-0.25, -0.2) is 13.1 Å². The molecule has 0 heterocycles. The van der Waals surface area contributed by atoms with E-state index in [2.05, 4.69) is 0 Å². The second kappa shape index (κ2) is 7.82. The maximum atomic E-state index is 12.9. The fourth-order valence-corrected chi connectivity index (χ4v) is 3.09. The molecular formula is C17H10ClF3N2O3S. The van der Waals surface area contributed by atoms with Crippen LogP contribution in [0.4, 0.5) is 13.2 Å². The van der Waals surface area contributed by atoms with E-state index in [-0.39, 0.29) is 0 Å². The highest BCUT2D eigenvalue weighted by molar-refractivity contribution is 7.90. The van der Waals surface area contributed by atoms with Gasteiger partial charge in [-0.1, -0.05) is 23.7 Å². The summed E-state index contributed by atoms with van der Waals surface area (Å²) in [4.78, 5) is 11.0. The van der Waals surface area contributed by atoms with Crippen molar-refractivity contribution < 1.29 is 26.4 Å². The molecule has 0 unspecified atom stereocenters. The third-order valence-electron chi connectivity index (χ3n) is 3.26. The maximum absolute atomic E-state index is 12.9. The molecule has 1 amide bonds. The zero-order chi connectivity index (χ0) is 20.2. The molecule has 27 heavy (non-hydrogen) atoms. The molecule has 0 atom stereocenters. The van der Waals surface area contributed by atoms with Gasteiger partial charge in [-0.15, -0.1) is 0 Å². The van der Waals surface area contributed by atoms with Gasteiger partial charge >= 0.3 is 6.18 Å². The first-order valence-corrected chi connectivity index (χ1v) is 9.01.